The quantitative estimate of drug-likeness (QED) is 0.600. The molecule has 0 aromatic heterocycles. The number of hydrogen-bond acceptors (Lipinski definition) is 3. The SMILES string of the molecule is O/N=C1\C[C@H]2CCCC[C@H]2C[C@]1(O)c1ccccc1. The highest BCUT2D eigenvalue weighted by Crippen LogP contribution is 2.46. The molecule has 1 aromatic carbocycles. The van der Waals surface area contributed by atoms with Crippen LogP contribution in [0.5, 0.6) is 0 Å². The molecule has 3 nitrogen and oxygen atoms in total. The molecule has 2 fully saturated rings. The predicted molar refractivity (Wildman–Crippen MR) is 74.2 cm³/mol. The summed E-state index contributed by atoms with van der Waals surface area (Å²) in [5.41, 5.74) is 0.322. The van der Waals surface area contributed by atoms with Crippen molar-refractivity contribution in [2.24, 2.45) is 17.0 Å². The lowest BCUT2D eigenvalue weighted by atomic mass is 9.63. The van der Waals surface area contributed by atoms with Gasteiger partial charge in [0.2, 0.25) is 0 Å². The van der Waals surface area contributed by atoms with E-state index in [1.165, 1.54) is 25.7 Å². The zero-order valence-electron chi connectivity index (χ0n) is 11.1. The number of fused-ring (bicyclic) bond motifs is 1. The summed E-state index contributed by atoms with van der Waals surface area (Å²) in [6.07, 6.45) is 6.35. The molecule has 3 rings (SSSR count). The van der Waals surface area contributed by atoms with Crippen LogP contribution in [0.1, 0.15) is 44.1 Å². The summed E-state index contributed by atoms with van der Waals surface area (Å²) < 4.78 is 0. The fraction of sp³-hybridized carbons (Fsp3) is 0.562. The Hall–Kier alpha value is -1.35. The van der Waals surface area contributed by atoms with E-state index < -0.39 is 5.60 Å². The van der Waals surface area contributed by atoms with Crippen LogP contribution in [-0.4, -0.2) is 16.0 Å². The number of rotatable bonds is 1. The summed E-state index contributed by atoms with van der Waals surface area (Å²) in [5.74, 6) is 1.15. The topological polar surface area (TPSA) is 52.8 Å². The van der Waals surface area contributed by atoms with Gasteiger partial charge in [0.05, 0.1) is 5.71 Å². The van der Waals surface area contributed by atoms with E-state index in [9.17, 15) is 10.3 Å². The van der Waals surface area contributed by atoms with Crippen LogP contribution in [0.2, 0.25) is 0 Å². The maximum atomic E-state index is 11.1. The van der Waals surface area contributed by atoms with E-state index in [2.05, 4.69) is 5.16 Å². The third kappa shape index (κ3) is 2.16. The largest absolute Gasteiger partial charge is 0.411 e. The van der Waals surface area contributed by atoms with E-state index in [4.69, 9.17) is 0 Å². The Morgan fingerprint density at radius 2 is 1.74 bits per heavy atom. The maximum Gasteiger partial charge on any atom is 0.131 e. The second-order valence-corrected chi connectivity index (χ2v) is 5.99. The van der Waals surface area contributed by atoms with Gasteiger partial charge in [-0.15, -0.1) is 0 Å². The van der Waals surface area contributed by atoms with Crippen LogP contribution in [-0.2, 0) is 5.60 Å². The van der Waals surface area contributed by atoms with Crippen molar-refractivity contribution in [3.8, 4) is 0 Å². The molecule has 3 heteroatoms. The van der Waals surface area contributed by atoms with Gasteiger partial charge in [0, 0.05) is 0 Å². The van der Waals surface area contributed by atoms with Crippen LogP contribution in [0.3, 0.4) is 0 Å². The second kappa shape index (κ2) is 4.97. The Morgan fingerprint density at radius 1 is 1.05 bits per heavy atom. The molecule has 0 aliphatic heterocycles. The second-order valence-electron chi connectivity index (χ2n) is 5.99. The first kappa shape index (κ1) is 12.7. The van der Waals surface area contributed by atoms with Crippen LogP contribution in [0.15, 0.2) is 35.5 Å². The van der Waals surface area contributed by atoms with Crippen molar-refractivity contribution in [1.82, 2.24) is 0 Å². The van der Waals surface area contributed by atoms with Gasteiger partial charge in [-0.3, -0.25) is 0 Å². The van der Waals surface area contributed by atoms with E-state index >= 15 is 0 Å². The van der Waals surface area contributed by atoms with E-state index in [-0.39, 0.29) is 0 Å². The first-order chi connectivity index (χ1) is 9.24. The highest BCUT2D eigenvalue weighted by Gasteiger charge is 2.46. The molecule has 2 N–H and O–H groups in total. The summed E-state index contributed by atoms with van der Waals surface area (Å²) in [6, 6.07) is 9.64. The van der Waals surface area contributed by atoms with Gasteiger partial charge in [0.15, 0.2) is 0 Å². The lowest BCUT2D eigenvalue weighted by molar-refractivity contribution is 0.0305. The number of aliphatic hydroxyl groups is 1. The fourth-order valence-electron chi connectivity index (χ4n) is 3.86. The van der Waals surface area contributed by atoms with Crippen molar-refractivity contribution in [3.05, 3.63) is 35.9 Å². The molecule has 2 aliphatic carbocycles. The Labute approximate surface area is 114 Å². The molecule has 19 heavy (non-hydrogen) atoms. The number of oxime groups is 1. The van der Waals surface area contributed by atoms with Crippen LogP contribution in [0, 0.1) is 11.8 Å². The number of nitrogens with zero attached hydrogens (tertiary/aromatic N) is 1. The molecule has 0 bridgehead atoms. The molecule has 0 amide bonds. The van der Waals surface area contributed by atoms with E-state index in [0.717, 1.165) is 12.0 Å². The lowest BCUT2D eigenvalue weighted by Crippen LogP contribution is -2.46. The molecular formula is C16H21NO2. The standard InChI is InChI=1S/C16H21NO2/c18-16(14-8-2-1-3-9-14)11-13-7-5-4-6-12(13)10-15(16)17-19/h1-3,8-9,12-13,18-19H,4-7,10-11H2/b17-15+/t12-,13+,16+/m1/s1. The van der Waals surface area contributed by atoms with Gasteiger partial charge < -0.3 is 10.3 Å². The molecular weight excluding hydrogens is 238 g/mol. The molecule has 0 heterocycles. The minimum absolute atomic E-state index is 0.543. The Morgan fingerprint density at radius 3 is 2.42 bits per heavy atom. The van der Waals surface area contributed by atoms with Gasteiger partial charge in [0.25, 0.3) is 0 Å². The average molecular weight is 259 g/mol. The van der Waals surface area contributed by atoms with Crippen LogP contribution >= 0.6 is 0 Å². The van der Waals surface area contributed by atoms with Crippen LogP contribution in [0.25, 0.3) is 0 Å². The highest BCUT2D eigenvalue weighted by molar-refractivity contribution is 5.93. The summed E-state index contributed by atoms with van der Waals surface area (Å²) in [5, 5.41) is 23.8. The average Bonchev–Trinajstić information content (AvgIpc) is 2.47. The van der Waals surface area contributed by atoms with E-state index in [1.807, 2.05) is 30.3 Å². The predicted octanol–water partition coefficient (Wildman–Crippen LogP) is 3.30. The molecule has 0 unspecified atom stereocenters. The number of hydrogen-bond donors (Lipinski definition) is 2. The molecule has 0 radical (unpaired) electrons. The van der Waals surface area contributed by atoms with Crippen molar-refractivity contribution in [3.63, 3.8) is 0 Å². The van der Waals surface area contributed by atoms with Gasteiger partial charge in [-0.1, -0.05) is 54.8 Å². The third-order valence-corrected chi connectivity index (χ3v) is 4.93. The van der Waals surface area contributed by atoms with Gasteiger partial charge in [-0.25, -0.2) is 0 Å². The Bertz CT molecular complexity index is 471. The monoisotopic (exact) mass is 259 g/mol. The minimum Gasteiger partial charge on any atom is -0.411 e. The molecule has 3 atom stereocenters. The van der Waals surface area contributed by atoms with Crippen molar-refractivity contribution in [1.29, 1.82) is 0 Å². The summed E-state index contributed by atoms with van der Waals surface area (Å²) >= 11 is 0. The molecule has 2 aliphatic rings. The lowest BCUT2D eigenvalue weighted by Gasteiger charge is -2.44. The highest BCUT2D eigenvalue weighted by atomic mass is 16.4. The number of benzene rings is 1. The molecule has 1 aromatic rings. The molecule has 2 saturated carbocycles. The van der Waals surface area contributed by atoms with Gasteiger partial charge in [-0.05, 0) is 36.7 Å². The smallest absolute Gasteiger partial charge is 0.131 e. The molecule has 0 spiro atoms. The summed E-state index contributed by atoms with van der Waals surface area (Å²) in [7, 11) is 0. The van der Waals surface area contributed by atoms with Crippen LogP contribution in [0.4, 0.5) is 0 Å². The normalized spacial score (nSPS) is 37.0. The maximum absolute atomic E-state index is 11.1. The van der Waals surface area contributed by atoms with Gasteiger partial charge in [0.1, 0.15) is 5.60 Å². The van der Waals surface area contributed by atoms with Gasteiger partial charge in [-0.2, -0.15) is 0 Å². The molecule has 0 saturated heterocycles. The Balaban J connectivity index is 1.95. The first-order valence-corrected chi connectivity index (χ1v) is 7.23. The summed E-state index contributed by atoms with van der Waals surface area (Å²) in [4.78, 5) is 0. The molecule has 102 valence electrons. The third-order valence-electron chi connectivity index (χ3n) is 4.93. The van der Waals surface area contributed by atoms with Crippen molar-refractivity contribution < 1.29 is 10.3 Å². The zero-order chi connectivity index (χ0) is 13.3. The van der Waals surface area contributed by atoms with Crippen molar-refractivity contribution in [2.75, 3.05) is 0 Å². The minimum atomic E-state index is -1.07. The van der Waals surface area contributed by atoms with E-state index in [0.29, 0.717) is 24.0 Å². The van der Waals surface area contributed by atoms with Crippen molar-refractivity contribution >= 4 is 5.71 Å². The van der Waals surface area contributed by atoms with Gasteiger partial charge >= 0.3 is 0 Å². The van der Waals surface area contributed by atoms with E-state index in [1.54, 1.807) is 0 Å². The van der Waals surface area contributed by atoms with Crippen molar-refractivity contribution in [2.45, 2.75) is 44.1 Å². The Kier molecular flexibility index (Phi) is 3.31. The summed E-state index contributed by atoms with van der Waals surface area (Å²) in [6.45, 7) is 0. The van der Waals surface area contributed by atoms with Crippen LogP contribution < -0.4 is 0 Å². The fourth-order valence-corrected chi connectivity index (χ4v) is 3.86. The zero-order valence-corrected chi connectivity index (χ0v) is 11.1. The first-order valence-electron chi connectivity index (χ1n) is 7.23.